The van der Waals surface area contributed by atoms with Gasteiger partial charge in [0.1, 0.15) is 6.10 Å². The molecule has 1 unspecified atom stereocenters. The van der Waals surface area contributed by atoms with Crippen molar-refractivity contribution < 1.29 is 34.8 Å². The summed E-state index contributed by atoms with van der Waals surface area (Å²) in [5.74, 6) is -0.664. The molecule has 0 aromatic heterocycles. The molecule has 3 saturated carbocycles. The molecular formula is C43H74O7. The van der Waals surface area contributed by atoms with Crippen LogP contribution >= 0.6 is 0 Å². The van der Waals surface area contributed by atoms with Gasteiger partial charge in [0.25, 0.3) is 0 Å². The largest absolute Gasteiger partial charge is 0.460 e. The summed E-state index contributed by atoms with van der Waals surface area (Å²) in [5, 5.41) is 45.2. The van der Waals surface area contributed by atoms with E-state index in [0.717, 1.165) is 44.1 Å². The number of ketones is 1. The molecule has 0 amide bonds. The highest BCUT2D eigenvalue weighted by Crippen LogP contribution is 2.68. The second kappa shape index (κ2) is 17.7. The van der Waals surface area contributed by atoms with Crippen molar-refractivity contribution in [3.63, 3.8) is 0 Å². The Bertz CT molecular complexity index is 1140. The minimum Gasteiger partial charge on any atom is -0.460 e. The average Bonchev–Trinajstić information content (AvgIpc) is 3.33. The number of hydrogen-bond acceptors (Lipinski definition) is 7. The van der Waals surface area contributed by atoms with Gasteiger partial charge in [-0.05, 0) is 106 Å². The Kier molecular flexibility index (Phi) is 14.7. The van der Waals surface area contributed by atoms with Crippen molar-refractivity contribution in [2.24, 2.45) is 34.5 Å². The number of ether oxygens (including phenoxy) is 1. The summed E-state index contributed by atoms with van der Waals surface area (Å²) < 4.78 is 5.85. The van der Waals surface area contributed by atoms with E-state index in [1.165, 1.54) is 64.2 Å². The fraction of sp³-hybridized carbons (Fsp3) is 0.907. The lowest BCUT2D eigenvalue weighted by Gasteiger charge is -2.60. The summed E-state index contributed by atoms with van der Waals surface area (Å²) >= 11 is 0. The van der Waals surface area contributed by atoms with Crippen LogP contribution in [0.4, 0.5) is 0 Å². The first-order valence-corrected chi connectivity index (χ1v) is 20.8. The Balaban J connectivity index is 1.27. The predicted molar refractivity (Wildman–Crippen MR) is 199 cm³/mol. The van der Waals surface area contributed by atoms with Crippen LogP contribution in [0, 0.1) is 34.5 Å². The van der Waals surface area contributed by atoms with E-state index in [9.17, 15) is 30.0 Å². The van der Waals surface area contributed by atoms with Crippen LogP contribution in [-0.4, -0.2) is 61.7 Å². The highest BCUT2D eigenvalue weighted by Gasteiger charge is 2.67. The first-order valence-electron chi connectivity index (χ1n) is 20.8. The summed E-state index contributed by atoms with van der Waals surface area (Å²) in [6.07, 6.45) is 20.8. The zero-order valence-corrected chi connectivity index (χ0v) is 32.7. The van der Waals surface area contributed by atoms with Crippen molar-refractivity contribution >= 4 is 11.8 Å². The third-order valence-corrected chi connectivity index (χ3v) is 14.2. The first kappa shape index (κ1) is 41.5. The average molecular weight is 703 g/mol. The van der Waals surface area contributed by atoms with Crippen molar-refractivity contribution in [1.82, 2.24) is 0 Å². The van der Waals surface area contributed by atoms with Crippen LogP contribution in [0.3, 0.4) is 0 Å². The molecule has 0 aliphatic heterocycles. The van der Waals surface area contributed by atoms with Gasteiger partial charge in [-0.2, -0.15) is 0 Å². The van der Waals surface area contributed by atoms with Crippen LogP contribution in [0.15, 0.2) is 11.6 Å². The molecule has 0 bridgehead atoms. The van der Waals surface area contributed by atoms with Crippen LogP contribution in [0.5, 0.6) is 0 Å². The lowest BCUT2D eigenvalue weighted by Crippen LogP contribution is -2.61. The van der Waals surface area contributed by atoms with E-state index in [1.54, 1.807) is 19.9 Å². The summed E-state index contributed by atoms with van der Waals surface area (Å²) in [5.41, 5.74) is -2.16. The van der Waals surface area contributed by atoms with Gasteiger partial charge in [-0.15, -0.1) is 0 Å². The Hall–Kier alpha value is -1.28. The number of allylic oxidation sites excluding steroid dienone is 1. The van der Waals surface area contributed by atoms with Crippen LogP contribution in [-0.2, 0) is 14.3 Å². The molecule has 10 atom stereocenters. The smallest absolute Gasteiger partial charge is 0.306 e. The number of carbonyl (C=O) groups is 2. The van der Waals surface area contributed by atoms with Gasteiger partial charge in [0.05, 0.1) is 23.4 Å². The molecule has 50 heavy (non-hydrogen) atoms. The summed E-state index contributed by atoms with van der Waals surface area (Å²) in [4.78, 5) is 26.7. The Labute approximate surface area is 304 Å². The quantitative estimate of drug-likeness (QED) is 0.0739. The molecule has 3 fully saturated rings. The van der Waals surface area contributed by atoms with Crippen LogP contribution < -0.4 is 0 Å². The third kappa shape index (κ3) is 9.44. The maximum atomic E-state index is 13.9. The van der Waals surface area contributed by atoms with Crippen LogP contribution in [0.2, 0.25) is 0 Å². The standard InChI is InChI=1S/C43H74O7/c1-7-8-9-10-11-12-13-14-15-16-17-18-19-20-39(47)50-38-28-34-36(45)27-33-32(41(34,5)29-37(38)46)21-25-42(6)31(22-26-43(33,42)49)30(2)35(44)23-24-40(3,4)48/h27,30-32,34-35,37-38,44,46,48-49H,7-26,28-29H2,1-6H3/t30-,31+,32?,34-,35+,37-,38+,41+,42+,43+/m0/s1. The maximum absolute atomic E-state index is 13.9. The fourth-order valence-electron chi connectivity index (χ4n) is 10.9. The van der Waals surface area contributed by atoms with Gasteiger partial charge in [-0.3, -0.25) is 9.59 Å². The zero-order chi connectivity index (χ0) is 36.7. The number of rotatable bonds is 20. The Morgan fingerprint density at radius 1 is 0.940 bits per heavy atom. The maximum Gasteiger partial charge on any atom is 0.306 e. The van der Waals surface area contributed by atoms with Crippen molar-refractivity contribution in [2.75, 3.05) is 0 Å². The highest BCUT2D eigenvalue weighted by atomic mass is 16.6. The number of esters is 1. The molecule has 4 N–H and O–H groups in total. The molecule has 0 saturated heterocycles. The second-order valence-electron chi connectivity index (χ2n) is 18.4. The molecule has 4 rings (SSSR count). The second-order valence-corrected chi connectivity index (χ2v) is 18.4. The van der Waals surface area contributed by atoms with Crippen LogP contribution in [0.1, 0.15) is 183 Å². The van der Waals surface area contributed by atoms with Crippen molar-refractivity contribution in [2.45, 2.75) is 212 Å². The Morgan fingerprint density at radius 3 is 2.10 bits per heavy atom. The van der Waals surface area contributed by atoms with Gasteiger partial charge in [-0.1, -0.05) is 105 Å². The van der Waals surface area contributed by atoms with Crippen molar-refractivity contribution in [1.29, 1.82) is 0 Å². The fourth-order valence-corrected chi connectivity index (χ4v) is 10.9. The number of hydrogen-bond donors (Lipinski definition) is 4. The van der Waals surface area contributed by atoms with Gasteiger partial charge in [-0.25, -0.2) is 0 Å². The number of fused-ring (bicyclic) bond motifs is 5. The summed E-state index contributed by atoms with van der Waals surface area (Å²) in [6.45, 7) is 12.1. The van der Waals surface area contributed by atoms with E-state index in [1.807, 2.05) is 0 Å². The molecule has 0 radical (unpaired) electrons. The van der Waals surface area contributed by atoms with E-state index in [-0.39, 0.29) is 35.4 Å². The Morgan fingerprint density at radius 2 is 1.52 bits per heavy atom. The molecule has 0 heterocycles. The van der Waals surface area contributed by atoms with Gasteiger partial charge in [0.15, 0.2) is 5.78 Å². The number of aliphatic hydroxyl groups excluding tert-OH is 2. The predicted octanol–water partition coefficient (Wildman–Crippen LogP) is 8.77. The van der Waals surface area contributed by atoms with E-state index in [0.29, 0.717) is 38.5 Å². The van der Waals surface area contributed by atoms with E-state index < -0.39 is 40.3 Å². The normalized spacial score (nSPS) is 35.1. The number of unbranched alkanes of at least 4 members (excludes halogenated alkanes) is 12. The summed E-state index contributed by atoms with van der Waals surface area (Å²) in [7, 11) is 0. The number of aliphatic hydroxyl groups is 4. The summed E-state index contributed by atoms with van der Waals surface area (Å²) in [6, 6.07) is 0. The third-order valence-electron chi connectivity index (χ3n) is 14.2. The molecule has 0 aromatic rings. The van der Waals surface area contributed by atoms with E-state index in [2.05, 4.69) is 27.7 Å². The zero-order valence-electron chi connectivity index (χ0n) is 32.7. The van der Waals surface area contributed by atoms with E-state index >= 15 is 0 Å². The van der Waals surface area contributed by atoms with Gasteiger partial charge >= 0.3 is 5.97 Å². The minimum absolute atomic E-state index is 0.0254. The van der Waals surface area contributed by atoms with Crippen molar-refractivity contribution in [3.05, 3.63) is 11.6 Å². The van der Waals surface area contributed by atoms with Gasteiger partial charge in [0.2, 0.25) is 0 Å². The minimum atomic E-state index is -1.14. The topological polar surface area (TPSA) is 124 Å². The van der Waals surface area contributed by atoms with Crippen molar-refractivity contribution in [3.8, 4) is 0 Å². The molecule has 0 aromatic carbocycles. The molecular weight excluding hydrogens is 628 g/mol. The van der Waals surface area contributed by atoms with Crippen LogP contribution in [0.25, 0.3) is 0 Å². The lowest BCUT2D eigenvalue weighted by molar-refractivity contribution is -0.175. The molecule has 0 spiro atoms. The molecule has 4 aliphatic carbocycles. The molecule has 288 valence electrons. The highest BCUT2D eigenvalue weighted by molar-refractivity contribution is 5.95. The van der Waals surface area contributed by atoms with E-state index in [4.69, 9.17) is 4.74 Å². The monoisotopic (exact) mass is 703 g/mol. The molecule has 7 heteroatoms. The molecule has 7 nitrogen and oxygen atoms in total. The lowest BCUT2D eigenvalue weighted by atomic mass is 9.46. The SMILES string of the molecule is CCCCCCCCCCCCCCCC(=O)O[C@@H]1C[C@H]2C(=O)C=C3C(CC[C@]4(C)[C@@H]([C@H](C)[C@H](O)CCC(C)(C)O)CC[C@@]34O)[C@@]2(C)C[C@@H]1O. The first-order chi connectivity index (χ1) is 23.6. The molecule has 4 aliphatic rings. The van der Waals surface area contributed by atoms with Gasteiger partial charge in [0, 0.05) is 17.8 Å². The number of carbonyl (C=O) groups excluding carboxylic acids is 2. The van der Waals surface area contributed by atoms with Gasteiger partial charge < -0.3 is 25.2 Å².